The largest absolute Gasteiger partial charge is 0.465 e. The van der Waals surface area contributed by atoms with Gasteiger partial charge in [0.25, 0.3) is 0 Å². The summed E-state index contributed by atoms with van der Waals surface area (Å²) < 4.78 is 4.60. The summed E-state index contributed by atoms with van der Waals surface area (Å²) in [5, 5.41) is 0. The lowest BCUT2D eigenvalue weighted by molar-refractivity contribution is 0.0600. The van der Waals surface area contributed by atoms with E-state index in [4.69, 9.17) is 11.6 Å². The highest BCUT2D eigenvalue weighted by molar-refractivity contribution is 6.17. The van der Waals surface area contributed by atoms with Gasteiger partial charge in [0.2, 0.25) is 0 Å². The van der Waals surface area contributed by atoms with E-state index in [0.717, 1.165) is 12.8 Å². The molecule has 0 saturated heterocycles. The minimum atomic E-state index is -0.430. The van der Waals surface area contributed by atoms with Gasteiger partial charge in [0.05, 0.1) is 12.7 Å². The Morgan fingerprint density at radius 2 is 1.94 bits per heavy atom. The molecule has 0 aliphatic heterocycles. The fraction of sp³-hybridized carbons (Fsp3) is 0.385. The summed E-state index contributed by atoms with van der Waals surface area (Å²) in [5.41, 5.74) is 0.943. The van der Waals surface area contributed by atoms with Crippen molar-refractivity contribution in [3.05, 3.63) is 35.4 Å². The van der Waals surface area contributed by atoms with E-state index in [1.165, 1.54) is 7.11 Å². The molecular formula is C13H15ClO3. The Morgan fingerprint density at radius 3 is 2.59 bits per heavy atom. The van der Waals surface area contributed by atoms with Crippen LogP contribution in [0.5, 0.6) is 0 Å². The number of rotatable bonds is 6. The molecule has 0 fully saturated rings. The van der Waals surface area contributed by atoms with Gasteiger partial charge in [-0.1, -0.05) is 12.1 Å². The second-order valence-corrected chi connectivity index (χ2v) is 4.02. The minimum Gasteiger partial charge on any atom is -0.465 e. The van der Waals surface area contributed by atoms with Crippen LogP contribution >= 0.6 is 11.6 Å². The van der Waals surface area contributed by atoms with Crippen LogP contribution in [0.4, 0.5) is 0 Å². The van der Waals surface area contributed by atoms with Crippen molar-refractivity contribution in [2.24, 2.45) is 0 Å². The van der Waals surface area contributed by atoms with E-state index >= 15 is 0 Å². The van der Waals surface area contributed by atoms with Crippen LogP contribution in [0.1, 0.15) is 40.0 Å². The monoisotopic (exact) mass is 254 g/mol. The fourth-order valence-corrected chi connectivity index (χ4v) is 1.65. The topological polar surface area (TPSA) is 43.4 Å². The Balaban J connectivity index is 2.70. The summed E-state index contributed by atoms with van der Waals surface area (Å²) in [6.07, 6.45) is 2.05. The number of methoxy groups -OCH3 is 1. The number of carbonyl (C=O) groups excluding carboxylic acids is 2. The van der Waals surface area contributed by atoms with Crippen LogP contribution in [0.15, 0.2) is 24.3 Å². The summed E-state index contributed by atoms with van der Waals surface area (Å²) in [4.78, 5) is 23.1. The number of alkyl halides is 1. The van der Waals surface area contributed by atoms with Crippen molar-refractivity contribution in [3.8, 4) is 0 Å². The molecule has 0 heterocycles. The second-order valence-electron chi connectivity index (χ2n) is 3.64. The molecule has 0 atom stereocenters. The van der Waals surface area contributed by atoms with Gasteiger partial charge in [0, 0.05) is 17.9 Å². The molecule has 0 saturated carbocycles. The van der Waals surface area contributed by atoms with Crippen LogP contribution in [0.3, 0.4) is 0 Å². The molecule has 3 nitrogen and oxygen atoms in total. The van der Waals surface area contributed by atoms with E-state index in [0.29, 0.717) is 23.4 Å². The molecule has 4 heteroatoms. The van der Waals surface area contributed by atoms with Crippen molar-refractivity contribution in [2.45, 2.75) is 19.3 Å². The van der Waals surface area contributed by atoms with E-state index in [-0.39, 0.29) is 5.78 Å². The Morgan fingerprint density at radius 1 is 1.24 bits per heavy atom. The van der Waals surface area contributed by atoms with E-state index < -0.39 is 5.97 Å². The molecule has 0 aromatic heterocycles. The average molecular weight is 255 g/mol. The van der Waals surface area contributed by atoms with E-state index in [9.17, 15) is 9.59 Å². The molecule has 1 aromatic carbocycles. The summed E-state index contributed by atoms with van der Waals surface area (Å²) in [6, 6.07) is 6.58. The van der Waals surface area contributed by atoms with E-state index in [1.807, 2.05) is 0 Å². The smallest absolute Gasteiger partial charge is 0.337 e. The zero-order valence-electron chi connectivity index (χ0n) is 9.74. The number of unbranched alkanes of at least 4 members (excludes halogenated alkanes) is 1. The standard InChI is InChI=1S/C13H15ClO3/c1-17-13(16)11-6-4-5-10(9-11)12(15)7-2-3-8-14/h4-6,9H,2-3,7-8H2,1H3. The Kier molecular flexibility index (Phi) is 5.70. The molecule has 92 valence electrons. The van der Waals surface area contributed by atoms with Crippen molar-refractivity contribution in [1.82, 2.24) is 0 Å². The third-order valence-corrected chi connectivity index (χ3v) is 2.66. The van der Waals surface area contributed by atoms with Gasteiger partial charge in [-0.25, -0.2) is 4.79 Å². The highest BCUT2D eigenvalue weighted by atomic mass is 35.5. The highest BCUT2D eigenvalue weighted by Gasteiger charge is 2.10. The van der Waals surface area contributed by atoms with Gasteiger partial charge in [-0.3, -0.25) is 4.79 Å². The number of hydrogen-bond acceptors (Lipinski definition) is 3. The summed E-state index contributed by atoms with van der Waals surface area (Å²) >= 11 is 5.54. The Hall–Kier alpha value is -1.35. The molecule has 0 aliphatic carbocycles. The third-order valence-electron chi connectivity index (χ3n) is 2.39. The predicted molar refractivity (Wildman–Crippen MR) is 66.7 cm³/mol. The van der Waals surface area contributed by atoms with Crippen molar-refractivity contribution >= 4 is 23.4 Å². The molecule has 0 aliphatic rings. The van der Waals surface area contributed by atoms with Gasteiger partial charge in [-0.05, 0) is 25.0 Å². The Labute approximate surface area is 106 Å². The van der Waals surface area contributed by atoms with Gasteiger partial charge in [-0.2, -0.15) is 0 Å². The zero-order valence-corrected chi connectivity index (χ0v) is 10.5. The number of hydrogen-bond donors (Lipinski definition) is 0. The van der Waals surface area contributed by atoms with Gasteiger partial charge >= 0.3 is 5.97 Å². The maximum atomic E-state index is 11.8. The molecule has 1 aromatic rings. The van der Waals surface area contributed by atoms with Crippen molar-refractivity contribution in [2.75, 3.05) is 13.0 Å². The first-order valence-electron chi connectivity index (χ1n) is 5.46. The summed E-state index contributed by atoms with van der Waals surface area (Å²) in [7, 11) is 1.32. The summed E-state index contributed by atoms with van der Waals surface area (Å²) in [6.45, 7) is 0. The zero-order chi connectivity index (χ0) is 12.7. The SMILES string of the molecule is COC(=O)c1cccc(C(=O)CCCCCl)c1. The lowest BCUT2D eigenvalue weighted by Crippen LogP contribution is -2.05. The molecule has 0 N–H and O–H groups in total. The summed E-state index contributed by atoms with van der Waals surface area (Å²) in [5.74, 6) is 0.163. The first kappa shape index (κ1) is 13.7. The van der Waals surface area contributed by atoms with Gasteiger partial charge in [0.15, 0.2) is 5.78 Å². The van der Waals surface area contributed by atoms with E-state index in [1.54, 1.807) is 24.3 Å². The molecular weight excluding hydrogens is 240 g/mol. The van der Waals surface area contributed by atoms with Gasteiger partial charge in [0.1, 0.15) is 0 Å². The highest BCUT2D eigenvalue weighted by Crippen LogP contribution is 2.11. The lowest BCUT2D eigenvalue weighted by Gasteiger charge is -2.03. The van der Waals surface area contributed by atoms with Crippen LogP contribution < -0.4 is 0 Å². The maximum absolute atomic E-state index is 11.8. The third kappa shape index (κ3) is 4.19. The van der Waals surface area contributed by atoms with Crippen molar-refractivity contribution in [1.29, 1.82) is 0 Å². The fourth-order valence-electron chi connectivity index (χ4n) is 1.46. The molecule has 17 heavy (non-hydrogen) atoms. The second kappa shape index (κ2) is 7.07. The molecule has 0 radical (unpaired) electrons. The predicted octanol–water partition coefficient (Wildman–Crippen LogP) is 3.07. The van der Waals surface area contributed by atoms with Crippen LogP contribution in [-0.2, 0) is 4.74 Å². The van der Waals surface area contributed by atoms with Crippen LogP contribution in [0, 0.1) is 0 Å². The van der Waals surface area contributed by atoms with Crippen LogP contribution in [-0.4, -0.2) is 24.7 Å². The number of benzene rings is 1. The number of carbonyl (C=O) groups is 2. The molecule has 0 spiro atoms. The quantitative estimate of drug-likeness (QED) is 0.339. The normalized spacial score (nSPS) is 10.0. The molecule has 0 unspecified atom stereocenters. The molecule has 0 amide bonds. The van der Waals surface area contributed by atoms with Crippen LogP contribution in [0.25, 0.3) is 0 Å². The number of esters is 1. The average Bonchev–Trinajstić information content (AvgIpc) is 2.38. The van der Waals surface area contributed by atoms with Crippen molar-refractivity contribution in [3.63, 3.8) is 0 Å². The number of halogens is 1. The van der Waals surface area contributed by atoms with Crippen molar-refractivity contribution < 1.29 is 14.3 Å². The van der Waals surface area contributed by atoms with Crippen LogP contribution in [0.2, 0.25) is 0 Å². The number of ketones is 1. The van der Waals surface area contributed by atoms with Gasteiger partial charge in [-0.15, -0.1) is 11.6 Å². The first-order chi connectivity index (χ1) is 8.19. The Bertz CT molecular complexity index is 401. The molecule has 1 rings (SSSR count). The number of Topliss-reactive ketones (excluding diaryl/α,β-unsaturated/α-hetero) is 1. The minimum absolute atomic E-state index is 0.0286. The number of ether oxygens (including phenoxy) is 1. The maximum Gasteiger partial charge on any atom is 0.337 e. The first-order valence-corrected chi connectivity index (χ1v) is 6.00. The van der Waals surface area contributed by atoms with Gasteiger partial charge < -0.3 is 4.74 Å². The molecule has 0 bridgehead atoms. The van der Waals surface area contributed by atoms with E-state index in [2.05, 4.69) is 4.74 Å². The lowest BCUT2D eigenvalue weighted by atomic mass is 10.0.